The van der Waals surface area contributed by atoms with Crippen LogP contribution in [-0.2, 0) is 0 Å². The van der Waals surface area contributed by atoms with E-state index in [-0.39, 0.29) is 5.91 Å². The number of aryl methyl sites for hydroxylation is 1. The fourth-order valence-corrected chi connectivity index (χ4v) is 2.78. The number of carbonyl (C=O) groups is 1. The molecule has 1 amide bonds. The summed E-state index contributed by atoms with van der Waals surface area (Å²) in [6.45, 7) is 4.80. The zero-order valence-electron chi connectivity index (χ0n) is 11.6. The van der Waals surface area contributed by atoms with Gasteiger partial charge in [-0.25, -0.2) is 0 Å². The van der Waals surface area contributed by atoms with Gasteiger partial charge in [0.1, 0.15) is 0 Å². The second kappa shape index (κ2) is 6.40. The van der Waals surface area contributed by atoms with Crippen molar-refractivity contribution in [3.05, 3.63) is 34.3 Å². The van der Waals surface area contributed by atoms with E-state index in [1.807, 2.05) is 26.1 Å². The number of rotatable bonds is 3. The molecule has 0 aromatic heterocycles. The molecule has 1 aromatic rings. The van der Waals surface area contributed by atoms with Crippen molar-refractivity contribution in [3.63, 3.8) is 0 Å². The Kier molecular flexibility index (Phi) is 4.83. The molecule has 3 nitrogen and oxygen atoms in total. The second-order valence-electron chi connectivity index (χ2n) is 5.33. The van der Waals surface area contributed by atoms with Gasteiger partial charge in [0.25, 0.3) is 5.91 Å². The molecular weight excluding hydrogens is 260 g/mol. The van der Waals surface area contributed by atoms with Crippen LogP contribution in [0.5, 0.6) is 0 Å². The summed E-state index contributed by atoms with van der Waals surface area (Å²) in [5.74, 6) is 0.561. The Hall–Kier alpha value is -1.06. The first-order chi connectivity index (χ1) is 9.09. The molecule has 0 radical (unpaired) electrons. The maximum atomic E-state index is 12.4. The molecule has 0 aliphatic carbocycles. The third-order valence-electron chi connectivity index (χ3n) is 3.70. The van der Waals surface area contributed by atoms with Crippen LogP contribution in [-0.4, -0.2) is 37.5 Å². The predicted molar refractivity (Wildman–Crippen MR) is 78.7 cm³/mol. The Balaban J connectivity index is 2.03. The van der Waals surface area contributed by atoms with Gasteiger partial charge >= 0.3 is 0 Å². The number of amides is 1. The van der Waals surface area contributed by atoms with Crippen LogP contribution in [0.4, 0.5) is 0 Å². The van der Waals surface area contributed by atoms with Crippen molar-refractivity contribution in [2.75, 3.05) is 26.7 Å². The number of nitrogens with zero attached hydrogens (tertiary/aromatic N) is 1. The van der Waals surface area contributed by atoms with E-state index < -0.39 is 0 Å². The van der Waals surface area contributed by atoms with E-state index in [0.717, 1.165) is 25.2 Å². The topological polar surface area (TPSA) is 32.3 Å². The van der Waals surface area contributed by atoms with Crippen molar-refractivity contribution < 1.29 is 4.79 Å². The molecule has 1 N–H and O–H groups in total. The lowest BCUT2D eigenvalue weighted by Crippen LogP contribution is -2.39. The van der Waals surface area contributed by atoms with E-state index in [1.54, 1.807) is 11.0 Å². The van der Waals surface area contributed by atoms with Crippen molar-refractivity contribution >= 4 is 17.5 Å². The first kappa shape index (κ1) is 14.4. The minimum atomic E-state index is 0.0132. The minimum absolute atomic E-state index is 0.0132. The summed E-state index contributed by atoms with van der Waals surface area (Å²) in [5, 5.41) is 3.95. The van der Waals surface area contributed by atoms with Crippen LogP contribution in [0.2, 0.25) is 5.02 Å². The Labute approximate surface area is 119 Å². The Morgan fingerprint density at radius 3 is 3.00 bits per heavy atom. The standard InChI is InChI=1S/C15H21ClN2O/c1-11-5-3-7-13(14(11)16)15(19)18(2)10-12-6-4-8-17-9-12/h3,5,7,12,17H,4,6,8-10H2,1-2H3. The van der Waals surface area contributed by atoms with Gasteiger partial charge in [0.05, 0.1) is 10.6 Å². The summed E-state index contributed by atoms with van der Waals surface area (Å²) in [6.07, 6.45) is 2.38. The van der Waals surface area contributed by atoms with Crippen LogP contribution >= 0.6 is 11.6 Å². The molecule has 0 saturated carbocycles. The summed E-state index contributed by atoms with van der Waals surface area (Å²) < 4.78 is 0. The Morgan fingerprint density at radius 2 is 2.32 bits per heavy atom. The molecule has 1 aliphatic heterocycles. The highest BCUT2D eigenvalue weighted by Crippen LogP contribution is 2.22. The molecule has 19 heavy (non-hydrogen) atoms. The lowest BCUT2D eigenvalue weighted by Gasteiger charge is -2.28. The van der Waals surface area contributed by atoms with E-state index in [2.05, 4.69) is 5.32 Å². The predicted octanol–water partition coefficient (Wildman–Crippen LogP) is 2.72. The fraction of sp³-hybridized carbons (Fsp3) is 0.533. The average Bonchev–Trinajstić information content (AvgIpc) is 2.42. The van der Waals surface area contributed by atoms with Crippen molar-refractivity contribution in [1.29, 1.82) is 0 Å². The van der Waals surface area contributed by atoms with E-state index in [9.17, 15) is 4.79 Å². The minimum Gasteiger partial charge on any atom is -0.341 e. The molecule has 104 valence electrons. The molecule has 4 heteroatoms. The average molecular weight is 281 g/mol. The second-order valence-corrected chi connectivity index (χ2v) is 5.71. The van der Waals surface area contributed by atoms with Gasteiger partial charge in [0.2, 0.25) is 0 Å². The van der Waals surface area contributed by atoms with Crippen LogP contribution in [0.1, 0.15) is 28.8 Å². The monoisotopic (exact) mass is 280 g/mol. The lowest BCUT2D eigenvalue weighted by atomic mass is 9.99. The van der Waals surface area contributed by atoms with Gasteiger partial charge in [-0.1, -0.05) is 23.7 Å². The zero-order chi connectivity index (χ0) is 13.8. The van der Waals surface area contributed by atoms with Crippen molar-refractivity contribution in [2.45, 2.75) is 19.8 Å². The molecule has 1 heterocycles. The zero-order valence-corrected chi connectivity index (χ0v) is 12.3. The summed E-state index contributed by atoms with van der Waals surface area (Å²) in [6, 6.07) is 5.60. The van der Waals surface area contributed by atoms with E-state index in [4.69, 9.17) is 11.6 Å². The smallest absolute Gasteiger partial charge is 0.255 e. The van der Waals surface area contributed by atoms with E-state index in [1.165, 1.54) is 12.8 Å². The number of nitrogens with one attached hydrogen (secondary N) is 1. The molecule has 0 spiro atoms. The molecule has 1 saturated heterocycles. The molecule has 0 bridgehead atoms. The van der Waals surface area contributed by atoms with Crippen molar-refractivity contribution in [3.8, 4) is 0 Å². The number of hydrogen-bond acceptors (Lipinski definition) is 2. The number of piperidine rings is 1. The maximum absolute atomic E-state index is 12.4. The first-order valence-electron chi connectivity index (χ1n) is 6.81. The summed E-state index contributed by atoms with van der Waals surface area (Å²) >= 11 is 6.22. The van der Waals surface area contributed by atoms with E-state index >= 15 is 0 Å². The summed E-state index contributed by atoms with van der Waals surface area (Å²) in [5.41, 5.74) is 1.55. The fourth-order valence-electron chi connectivity index (χ4n) is 2.57. The van der Waals surface area contributed by atoms with Crippen molar-refractivity contribution in [1.82, 2.24) is 10.2 Å². The van der Waals surface area contributed by atoms with E-state index in [0.29, 0.717) is 16.5 Å². The third-order valence-corrected chi connectivity index (χ3v) is 4.20. The van der Waals surface area contributed by atoms with Gasteiger partial charge < -0.3 is 10.2 Å². The van der Waals surface area contributed by atoms with Crippen LogP contribution in [0.3, 0.4) is 0 Å². The highest BCUT2D eigenvalue weighted by molar-refractivity contribution is 6.34. The Morgan fingerprint density at radius 1 is 1.53 bits per heavy atom. The van der Waals surface area contributed by atoms with Crippen LogP contribution in [0.25, 0.3) is 0 Å². The van der Waals surface area contributed by atoms with Crippen LogP contribution in [0, 0.1) is 12.8 Å². The largest absolute Gasteiger partial charge is 0.341 e. The number of halogens is 1. The highest BCUT2D eigenvalue weighted by Gasteiger charge is 2.20. The maximum Gasteiger partial charge on any atom is 0.255 e. The molecule has 1 aliphatic rings. The van der Waals surface area contributed by atoms with Gasteiger partial charge in [0.15, 0.2) is 0 Å². The third kappa shape index (κ3) is 3.48. The molecule has 1 unspecified atom stereocenters. The molecular formula is C15H21ClN2O. The van der Waals surface area contributed by atoms with Gasteiger partial charge in [-0.05, 0) is 50.4 Å². The van der Waals surface area contributed by atoms with Gasteiger partial charge in [0, 0.05) is 13.6 Å². The summed E-state index contributed by atoms with van der Waals surface area (Å²) in [4.78, 5) is 14.2. The number of hydrogen-bond donors (Lipinski definition) is 1. The lowest BCUT2D eigenvalue weighted by molar-refractivity contribution is 0.0765. The highest BCUT2D eigenvalue weighted by atomic mass is 35.5. The number of benzene rings is 1. The van der Waals surface area contributed by atoms with Crippen LogP contribution < -0.4 is 5.32 Å². The molecule has 1 atom stereocenters. The Bertz CT molecular complexity index is 455. The van der Waals surface area contributed by atoms with Gasteiger partial charge in [-0.2, -0.15) is 0 Å². The first-order valence-corrected chi connectivity index (χ1v) is 7.18. The SMILES string of the molecule is Cc1cccc(C(=O)N(C)CC2CCCNC2)c1Cl. The molecule has 1 fully saturated rings. The molecule has 1 aromatic carbocycles. The molecule has 2 rings (SSSR count). The van der Waals surface area contributed by atoms with Crippen molar-refractivity contribution in [2.24, 2.45) is 5.92 Å². The van der Waals surface area contributed by atoms with Crippen LogP contribution in [0.15, 0.2) is 18.2 Å². The van der Waals surface area contributed by atoms with Gasteiger partial charge in [-0.15, -0.1) is 0 Å². The summed E-state index contributed by atoms with van der Waals surface area (Å²) in [7, 11) is 1.86. The van der Waals surface area contributed by atoms with Gasteiger partial charge in [-0.3, -0.25) is 4.79 Å². The quantitative estimate of drug-likeness (QED) is 0.923. The number of carbonyl (C=O) groups excluding carboxylic acids is 1. The normalized spacial score (nSPS) is 19.2.